The van der Waals surface area contributed by atoms with E-state index in [9.17, 15) is 14.0 Å². The third-order valence-corrected chi connectivity index (χ3v) is 5.84. The van der Waals surface area contributed by atoms with Crippen molar-refractivity contribution in [2.45, 2.75) is 0 Å². The quantitative estimate of drug-likeness (QED) is 0.0825. The van der Waals surface area contributed by atoms with Crippen LogP contribution in [0.3, 0.4) is 0 Å². The molecule has 0 radical (unpaired) electrons. The summed E-state index contributed by atoms with van der Waals surface area (Å²) >= 11 is 0. The van der Waals surface area contributed by atoms with E-state index in [0.717, 1.165) is 11.1 Å². The van der Waals surface area contributed by atoms with Crippen molar-refractivity contribution in [2.24, 2.45) is 0 Å². The first kappa shape index (κ1) is 25.9. The summed E-state index contributed by atoms with van der Waals surface area (Å²) in [5.74, 6) is -0.920. The first-order valence-corrected chi connectivity index (χ1v) is 12.1. The van der Waals surface area contributed by atoms with E-state index in [2.05, 4.69) is 30.9 Å². The topological polar surface area (TPSA) is 147 Å². The second-order valence-electron chi connectivity index (χ2n) is 8.62. The van der Waals surface area contributed by atoms with Gasteiger partial charge in [-0.2, -0.15) is 0 Å². The van der Waals surface area contributed by atoms with E-state index in [1.807, 2.05) is 30.5 Å². The molecule has 10 nitrogen and oxygen atoms in total. The Morgan fingerprint density at radius 3 is 2.27 bits per heavy atom. The maximum absolute atomic E-state index is 13.2. The van der Waals surface area contributed by atoms with Gasteiger partial charge < -0.3 is 31.4 Å². The smallest absolute Gasteiger partial charge is 0.262 e. The van der Waals surface area contributed by atoms with Gasteiger partial charge in [-0.3, -0.25) is 9.59 Å². The lowest BCUT2D eigenvalue weighted by Crippen LogP contribution is -2.26. The molecule has 0 aliphatic carbocycles. The molecule has 5 rings (SSSR count). The van der Waals surface area contributed by atoms with Crippen molar-refractivity contribution in [2.75, 3.05) is 23.4 Å². The van der Waals surface area contributed by atoms with Crippen molar-refractivity contribution in [3.8, 4) is 22.8 Å². The molecule has 6 N–H and O–H groups in total. The van der Waals surface area contributed by atoms with Crippen molar-refractivity contribution in [1.82, 2.24) is 20.3 Å². The Morgan fingerprint density at radius 2 is 1.62 bits per heavy atom. The number of hydrogen-bond donors (Lipinski definition) is 5. The van der Waals surface area contributed by atoms with Gasteiger partial charge >= 0.3 is 0 Å². The number of anilines is 3. The van der Waals surface area contributed by atoms with Gasteiger partial charge in [0.2, 0.25) is 5.88 Å². The van der Waals surface area contributed by atoms with Gasteiger partial charge in [0.15, 0.2) is 0 Å². The highest BCUT2D eigenvalue weighted by atomic mass is 19.1. The molecular weight excluding hydrogens is 513 g/mol. The van der Waals surface area contributed by atoms with Crippen molar-refractivity contribution >= 4 is 39.9 Å². The van der Waals surface area contributed by atoms with E-state index >= 15 is 0 Å². The fourth-order valence-corrected chi connectivity index (χ4v) is 3.97. The maximum atomic E-state index is 13.2. The zero-order valence-electron chi connectivity index (χ0n) is 21.2. The number of carbonyl (C=O) groups is 2. The van der Waals surface area contributed by atoms with Gasteiger partial charge in [-0.25, -0.2) is 14.4 Å². The van der Waals surface area contributed by atoms with Crippen LogP contribution >= 0.6 is 0 Å². The van der Waals surface area contributed by atoms with Crippen LogP contribution < -0.4 is 26.4 Å². The van der Waals surface area contributed by atoms with Crippen LogP contribution in [0.1, 0.15) is 0 Å². The lowest BCUT2D eigenvalue weighted by Gasteiger charge is -2.11. The Balaban J connectivity index is 1.31. The number of fused-ring (bicyclic) bond motifs is 1. The number of nitrogens with zero attached hydrogens (tertiary/aromatic N) is 2. The minimum Gasteiger partial charge on any atom is -0.438 e. The van der Waals surface area contributed by atoms with Gasteiger partial charge in [0.1, 0.15) is 29.1 Å². The minimum absolute atomic E-state index is 0.169. The van der Waals surface area contributed by atoms with Crippen molar-refractivity contribution in [1.29, 1.82) is 0 Å². The lowest BCUT2D eigenvalue weighted by atomic mass is 10.1. The minimum atomic E-state index is -0.659. The predicted molar refractivity (Wildman–Crippen MR) is 151 cm³/mol. The molecule has 200 valence electrons. The molecule has 0 saturated carbocycles. The molecule has 5 aromatic rings. The fourth-order valence-electron chi connectivity index (χ4n) is 3.97. The number of hydrogen-bond acceptors (Lipinski definition) is 7. The van der Waals surface area contributed by atoms with E-state index in [-0.39, 0.29) is 5.57 Å². The highest BCUT2D eigenvalue weighted by Gasteiger charge is 2.19. The summed E-state index contributed by atoms with van der Waals surface area (Å²) in [5.41, 5.74) is 9.54. The van der Waals surface area contributed by atoms with Crippen LogP contribution in [-0.4, -0.2) is 33.8 Å². The molecule has 0 aliphatic heterocycles. The Labute approximate surface area is 228 Å². The van der Waals surface area contributed by atoms with Gasteiger partial charge in [0, 0.05) is 42.1 Å². The van der Waals surface area contributed by atoms with Crippen LogP contribution in [0.25, 0.3) is 22.2 Å². The third kappa shape index (κ3) is 5.73. The number of H-pyrrole nitrogens is 1. The number of nitrogens with one attached hydrogen (secondary N) is 4. The number of aromatic nitrogens is 3. The zero-order valence-corrected chi connectivity index (χ0v) is 21.2. The molecule has 0 unspecified atom stereocenters. The average Bonchev–Trinajstić information content (AvgIpc) is 3.39. The van der Waals surface area contributed by atoms with Gasteiger partial charge in [-0.15, -0.1) is 0 Å². The monoisotopic (exact) mass is 537 g/mol. The number of nitrogens with two attached hydrogens (primary N) is 1. The molecular formula is C29H24FN7O3. The number of ether oxygens (including phenoxy) is 1. The molecule has 0 saturated heterocycles. The number of rotatable bonds is 8. The largest absolute Gasteiger partial charge is 0.438 e. The summed E-state index contributed by atoms with van der Waals surface area (Å²) in [6.07, 6.45) is 4.50. The summed E-state index contributed by atoms with van der Waals surface area (Å²) in [5, 5.41) is 8.65. The Kier molecular flexibility index (Phi) is 7.36. The van der Waals surface area contributed by atoms with E-state index in [4.69, 9.17) is 10.5 Å². The van der Waals surface area contributed by atoms with E-state index in [1.165, 1.54) is 36.8 Å². The van der Waals surface area contributed by atoms with Crippen molar-refractivity contribution in [3.63, 3.8) is 0 Å². The SMILES string of the molecule is CN/C=C(\C(=O)Nc1ccc(F)cc1)C(=O)Nc1ccc(Oc2ncnc3[nH]cc(-c4cccc(N)c4)c23)cc1. The standard InChI is InChI=1S/C29H24FN7O3/c1-32-14-24(27(38)36-20-7-5-18(30)6-8-20)28(39)37-21-9-11-22(12-10-21)40-29-25-23(15-33-26(25)34-16-35-29)17-3-2-4-19(31)13-17/h2-16,32H,31H2,1H3,(H,36,38)(H,37,39)(H,33,34,35)/b24-14+. The van der Waals surface area contributed by atoms with Crippen molar-refractivity contribution < 1.29 is 18.7 Å². The maximum Gasteiger partial charge on any atom is 0.262 e. The first-order valence-electron chi connectivity index (χ1n) is 12.1. The van der Waals surface area contributed by atoms with Gasteiger partial charge in [-0.1, -0.05) is 12.1 Å². The predicted octanol–water partition coefficient (Wildman–Crippen LogP) is 4.82. The van der Waals surface area contributed by atoms with Crippen LogP contribution in [0.15, 0.2) is 97.1 Å². The number of nitrogen functional groups attached to an aromatic ring is 1. The van der Waals surface area contributed by atoms with Gasteiger partial charge in [-0.05, 0) is 66.2 Å². The van der Waals surface area contributed by atoms with Gasteiger partial charge in [0.25, 0.3) is 11.8 Å². The highest BCUT2D eigenvalue weighted by molar-refractivity contribution is 6.26. The van der Waals surface area contributed by atoms with Crippen LogP contribution in [0.4, 0.5) is 21.5 Å². The second kappa shape index (κ2) is 11.4. The Bertz CT molecular complexity index is 1710. The van der Waals surface area contributed by atoms with Gasteiger partial charge in [0.05, 0.1) is 5.39 Å². The normalized spacial score (nSPS) is 11.2. The van der Waals surface area contributed by atoms with E-state index in [0.29, 0.717) is 39.7 Å². The number of amides is 2. The molecule has 2 heterocycles. The summed E-state index contributed by atoms with van der Waals surface area (Å²) in [4.78, 5) is 37.3. The Hall–Kier alpha value is -5.71. The number of carbonyl (C=O) groups excluding carboxylic acids is 2. The van der Waals surface area contributed by atoms with Crippen LogP contribution in [0, 0.1) is 5.82 Å². The molecule has 0 atom stereocenters. The summed E-state index contributed by atoms with van der Waals surface area (Å²) in [6.45, 7) is 0. The fraction of sp³-hybridized carbons (Fsp3) is 0.0345. The third-order valence-electron chi connectivity index (χ3n) is 5.84. The summed E-state index contributed by atoms with van der Waals surface area (Å²) < 4.78 is 19.2. The molecule has 0 aliphatic rings. The van der Waals surface area contributed by atoms with E-state index < -0.39 is 17.6 Å². The van der Waals surface area contributed by atoms with Crippen LogP contribution in [0.2, 0.25) is 0 Å². The van der Waals surface area contributed by atoms with Crippen LogP contribution in [0.5, 0.6) is 11.6 Å². The molecule has 2 amide bonds. The highest BCUT2D eigenvalue weighted by Crippen LogP contribution is 2.35. The summed E-state index contributed by atoms with van der Waals surface area (Å²) in [6, 6.07) is 19.3. The number of aromatic amines is 1. The number of benzene rings is 3. The molecule has 0 spiro atoms. The average molecular weight is 538 g/mol. The Morgan fingerprint density at radius 1 is 0.950 bits per heavy atom. The molecule has 0 bridgehead atoms. The molecule has 2 aromatic heterocycles. The molecule has 11 heteroatoms. The first-order chi connectivity index (χ1) is 19.4. The second-order valence-corrected chi connectivity index (χ2v) is 8.62. The number of halogens is 1. The van der Waals surface area contributed by atoms with Crippen LogP contribution in [-0.2, 0) is 9.59 Å². The molecule has 0 fully saturated rings. The zero-order chi connectivity index (χ0) is 28.1. The van der Waals surface area contributed by atoms with Crippen molar-refractivity contribution in [3.05, 3.63) is 103 Å². The molecule has 40 heavy (non-hydrogen) atoms. The summed E-state index contributed by atoms with van der Waals surface area (Å²) in [7, 11) is 1.57. The molecule has 3 aromatic carbocycles. The van der Waals surface area contributed by atoms with E-state index in [1.54, 1.807) is 31.3 Å². The lowest BCUT2D eigenvalue weighted by molar-refractivity contribution is -0.118.